The summed E-state index contributed by atoms with van der Waals surface area (Å²) in [4.78, 5) is 9.25. The van der Waals surface area contributed by atoms with Crippen LogP contribution in [0.2, 0.25) is 0 Å². The van der Waals surface area contributed by atoms with E-state index in [-0.39, 0.29) is 6.61 Å². The van der Waals surface area contributed by atoms with Gasteiger partial charge in [-0.05, 0) is 6.08 Å². The molecule has 4 heteroatoms. The highest BCUT2D eigenvalue weighted by molar-refractivity contribution is 4.89. The molecule has 0 unspecified atom stereocenters. The van der Waals surface area contributed by atoms with Gasteiger partial charge in [-0.25, -0.2) is 0 Å². The summed E-state index contributed by atoms with van der Waals surface area (Å²) in [6.45, 7) is 3.34. The molecule has 0 aliphatic heterocycles. The first-order chi connectivity index (χ1) is 4.48. The van der Waals surface area contributed by atoms with Crippen LogP contribution in [0.1, 0.15) is 13.8 Å². The fraction of sp³-hybridized carbons (Fsp3) is 0.667. The molecule has 0 spiro atoms. The molecule has 0 saturated heterocycles. The number of hydrogen-bond donors (Lipinski definition) is 1. The number of nitrogens with zero attached hydrogens (tertiary/aromatic N) is 1. The summed E-state index contributed by atoms with van der Waals surface area (Å²) in [6, 6.07) is 0. The Bertz CT molecular complexity index is 151. The molecule has 0 radical (unpaired) electrons. The van der Waals surface area contributed by atoms with Crippen LogP contribution in [-0.2, 0) is 0 Å². The maximum absolute atomic E-state index is 9.80. The van der Waals surface area contributed by atoms with Crippen LogP contribution < -0.4 is 0 Å². The summed E-state index contributed by atoms with van der Waals surface area (Å²) in [7, 11) is 0. The predicted octanol–water partition coefficient (Wildman–Crippen LogP) is 0.795. The number of hydrogen-bond acceptors (Lipinski definition) is 3. The minimum absolute atomic E-state index is 0.0860. The average Bonchev–Trinajstić information content (AvgIpc) is 1.85. The van der Waals surface area contributed by atoms with Crippen molar-refractivity contribution >= 4 is 0 Å². The molecular weight excluding hydrogens is 134 g/mol. The van der Waals surface area contributed by atoms with Crippen molar-refractivity contribution in [3.05, 3.63) is 22.4 Å². The van der Waals surface area contributed by atoms with E-state index in [2.05, 4.69) is 0 Å². The van der Waals surface area contributed by atoms with Crippen LogP contribution in [0.5, 0.6) is 0 Å². The van der Waals surface area contributed by atoms with Gasteiger partial charge in [0.05, 0.1) is 11.5 Å². The number of rotatable bonds is 3. The van der Waals surface area contributed by atoms with Gasteiger partial charge in [-0.2, -0.15) is 0 Å². The van der Waals surface area contributed by atoms with E-state index in [0.717, 1.165) is 6.20 Å². The van der Waals surface area contributed by atoms with Crippen molar-refractivity contribution in [3.8, 4) is 0 Å². The molecule has 1 N–H and O–H groups in total. The average molecular weight is 145 g/mol. The molecule has 0 aromatic rings. The van der Waals surface area contributed by atoms with Gasteiger partial charge in [0.15, 0.2) is 0 Å². The molecule has 0 rings (SSSR count). The molecule has 0 aliphatic carbocycles. The van der Waals surface area contributed by atoms with Gasteiger partial charge < -0.3 is 5.11 Å². The highest BCUT2D eigenvalue weighted by atomic mass is 16.6. The lowest BCUT2D eigenvalue weighted by atomic mass is 9.95. The van der Waals surface area contributed by atoms with Gasteiger partial charge in [0.25, 0.3) is 0 Å². The molecule has 0 aromatic heterocycles. The van der Waals surface area contributed by atoms with Crippen LogP contribution in [0.25, 0.3) is 0 Å². The smallest absolute Gasteiger partial charge is 0.231 e. The molecule has 10 heavy (non-hydrogen) atoms. The number of aliphatic hydroxyl groups is 1. The summed E-state index contributed by atoms with van der Waals surface area (Å²) < 4.78 is 0. The Hall–Kier alpha value is -0.900. The van der Waals surface area contributed by atoms with E-state index in [4.69, 9.17) is 5.11 Å². The van der Waals surface area contributed by atoms with Crippen molar-refractivity contribution in [1.29, 1.82) is 0 Å². The second kappa shape index (κ2) is 3.31. The second-order valence-corrected chi connectivity index (χ2v) is 2.75. The quantitative estimate of drug-likeness (QED) is 0.471. The first-order valence-electron chi connectivity index (χ1n) is 2.92. The molecule has 0 aliphatic rings. The zero-order valence-corrected chi connectivity index (χ0v) is 6.07. The molecule has 0 saturated carbocycles. The van der Waals surface area contributed by atoms with Crippen LogP contribution in [0, 0.1) is 15.5 Å². The summed E-state index contributed by atoms with van der Waals surface area (Å²) in [5.41, 5.74) is -0.493. The Morgan fingerprint density at radius 3 is 2.50 bits per heavy atom. The standard InChI is InChI=1S/C6H11NO3/c1-6(2,5-8)3-4-7(9)10/h3-4,8H,5H2,1-2H3/b4-3+. The van der Waals surface area contributed by atoms with Crippen LogP contribution in [0.4, 0.5) is 0 Å². The van der Waals surface area contributed by atoms with Gasteiger partial charge in [-0.15, -0.1) is 0 Å². The van der Waals surface area contributed by atoms with Gasteiger partial charge in [-0.1, -0.05) is 13.8 Å². The fourth-order valence-corrected chi connectivity index (χ4v) is 0.315. The van der Waals surface area contributed by atoms with Gasteiger partial charge in [0.2, 0.25) is 6.20 Å². The Morgan fingerprint density at radius 1 is 1.70 bits per heavy atom. The molecule has 0 atom stereocenters. The minimum Gasteiger partial charge on any atom is -0.395 e. The first-order valence-corrected chi connectivity index (χ1v) is 2.92. The molecule has 0 fully saturated rings. The van der Waals surface area contributed by atoms with Crippen molar-refractivity contribution in [3.63, 3.8) is 0 Å². The summed E-state index contributed by atoms with van der Waals surface area (Å²) in [5, 5.41) is 18.4. The first kappa shape index (κ1) is 9.10. The highest BCUT2D eigenvalue weighted by Gasteiger charge is 2.12. The zero-order valence-electron chi connectivity index (χ0n) is 6.07. The number of nitro groups is 1. The topological polar surface area (TPSA) is 63.4 Å². The summed E-state index contributed by atoms with van der Waals surface area (Å²) >= 11 is 0. The van der Waals surface area contributed by atoms with Crippen LogP contribution in [-0.4, -0.2) is 16.6 Å². The monoisotopic (exact) mass is 145 g/mol. The summed E-state index contributed by atoms with van der Waals surface area (Å²) in [5.74, 6) is 0. The zero-order chi connectivity index (χ0) is 8.20. The SMILES string of the molecule is CC(C)(/C=C/[N+](=O)[O-])CO. The van der Waals surface area contributed by atoms with Gasteiger partial charge in [0, 0.05) is 5.41 Å². The Labute approximate surface area is 59.3 Å². The maximum atomic E-state index is 9.80. The van der Waals surface area contributed by atoms with Crippen molar-refractivity contribution < 1.29 is 10.0 Å². The molecule has 0 amide bonds. The molecule has 0 aromatic carbocycles. The van der Waals surface area contributed by atoms with E-state index in [1.54, 1.807) is 13.8 Å². The second-order valence-electron chi connectivity index (χ2n) is 2.75. The van der Waals surface area contributed by atoms with E-state index >= 15 is 0 Å². The van der Waals surface area contributed by atoms with Gasteiger partial charge in [0.1, 0.15) is 0 Å². The molecule has 0 bridgehead atoms. The van der Waals surface area contributed by atoms with Crippen molar-refractivity contribution in [2.45, 2.75) is 13.8 Å². The van der Waals surface area contributed by atoms with E-state index in [9.17, 15) is 10.1 Å². The van der Waals surface area contributed by atoms with Crippen molar-refractivity contribution in [1.82, 2.24) is 0 Å². The Kier molecular flexibility index (Phi) is 3.02. The van der Waals surface area contributed by atoms with E-state index in [1.807, 2.05) is 0 Å². The van der Waals surface area contributed by atoms with Crippen LogP contribution in [0.15, 0.2) is 12.3 Å². The third-order valence-electron chi connectivity index (χ3n) is 1.05. The van der Waals surface area contributed by atoms with E-state index in [0.29, 0.717) is 0 Å². The van der Waals surface area contributed by atoms with Crippen LogP contribution >= 0.6 is 0 Å². The highest BCUT2D eigenvalue weighted by Crippen LogP contribution is 2.14. The van der Waals surface area contributed by atoms with Gasteiger partial charge in [-0.3, -0.25) is 10.1 Å². The molecular formula is C6H11NO3. The normalized spacial score (nSPS) is 12.3. The van der Waals surface area contributed by atoms with Crippen molar-refractivity contribution in [2.24, 2.45) is 5.41 Å². The molecule has 4 nitrogen and oxygen atoms in total. The Morgan fingerprint density at radius 2 is 2.20 bits per heavy atom. The fourth-order valence-electron chi connectivity index (χ4n) is 0.315. The molecule has 0 heterocycles. The largest absolute Gasteiger partial charge is 0.395 e. The number of aliphatic hydroxyl groups excluding tert-OH is 1. The van der Waals surface area contributed by atoms with Crippen molar-refractivity contribution in [2.75, 3.05) is 6.61 Å². The minimum atomic E-state index is -0.544. The lowest BCUT2D eigenvalue weighted by Crippen LogP contribution is -2.13. The lowest BCUT2D eigenvalue weighted by Gasteiger charge is -2.13. The van der Waals surface area contributed by atoms with E-state index in [1.165, 1.54) is 6.08 Å². The van der Waals surface area contributed by atoms with Gasteiger partial charge >= 0.3 is 0 Å². The third-order valence-corrected chi connectivity index (χ3v) is 1.05. The maximum Gasteiger partial charge on any atom is 0.231 e. The van der Waals surface area contributed by atoms with Crippen LogP contribution in [0.3, 0.4) is 0 Å². The predicted molar refractivity (Wildman–Crippen MR) is 37.0 cm³/mol. The third kappa shape index (κ3) is 4.03. The lowest BCUT2D eigenvalue weighted by molar-refractivity contribution is -0.403. The summed E-state index contributed by atoms with van der Waals surface area (Å²) in [6.07, 6.45) is 2.21. The van der Waals surface area contributed by atoms with E-state index < -0.39 is 10.3 Å². The molecule has 58 valence electrons. The Balaban J connectivity index is 3.99.